The third-order valence-electron chi connectivity index (χ3n) is 6.31. The van der Waals surface area contributed by atoms with E-state index in [1.165, 1.54) is 109 Å². The monoisotopic (exact) mass is 487 g/mol. The molecule has 3 nitrogen and oxygen atoms in total. The van der Waals surface area contributed by atoms with E-state index >= 15 is 0 Å². The Balaban J connectivity index is -0.000000377. The second-order valence-electron chi connectivity index (χ2n) is 8.48. The predicted octanol–water partition coefficient (Wildman–Crippen LogP) is 8.06. The molecule has 1 atom stereocenters. The van der Waals surface area contributed by atoms with Gasteiger partial charge in [0.25, 0.3) is 0 Å². The number of hydrogen-bond acceptors (Lipinski definition) is 4. The zero-order valence-corrected chi connectivity index (χ0v) is 25.2. The van der Waals surface area contributed by atoms with Crippen molar-refractivity contribution in [2.75, 3.05) is 45.0 Å². The van der Waals surface area contributed by atoms with Crippen molar-refractivity contribution >= 4 is 11.8 Å². The van der Waals surface area contributed by atoms with E-state index < -0.39 is 0 Å². The van der Waals surface area contributed by atoms with Crippen LogP contribution in [0.25, 0.3) is 0 Å². The van der Waals surface area contributed by atoms with Gasteiger partial charge in [0.05, 0.1) is 0 Å². The van der Waals surface area contributed by atoms with Crippen molar-refractivity contribution in [3.8, 4) is 0 Å². The first-order valence-electron chi connectivity index (χ1n) is 14.5. The van der Waals surface area contributed by atoms with Gasteiger partial charge in [-0.2, -0.15) is 11.8 Å². The van der Waals surface area contributed by atoms with Crippen molar-refractivity contribution in [3.63, 3.8) is 0 Å². The zero-order chi connectivity index (χ0) is 25.8. The Kier molecular flexibility index (Phi) is 32.1. The Bertz CT molecular complexity index is 315. The summed E-state index contributed by atoms with van der Waals surface area (Å²) in [5.74, 6) is 1.29. The number of thioether (sulfide) groups is 1. The van der Waals surface area contributed by atoms with Crippen LogP contribution in [0, 0.1) is 5.41 Å². The lowest BCUT2D eigenvalue weighted by Gasteiger charge is -2.40. The summed E-state index contributed by atoms with van der Waals surface area (Å²) in [5, 5.41) is 10.5. The summed E-state index contributed by atoms with van der Waals surface area (Å²) < 4.78 is 0.552. The molecule has 33 heavy (non-hydrogen) atoms. The molecule has 1 aliphatic carbocycles. The molecule has 1 saturated carbocycles. The van der Waals surface area contributed by atoms with Gasteiger partial charge in [0.15, 0.2) is 0 Å². The van der Waals surface area contributed by atoms with Crippen LogP contribution in [0.4, 0.5) is 0 Å². The minimum Gasteiger partial charge on any atom is -0.316 e. The smallest absolute Gasteiger partial charge is 0.0409 e. The van der Waals surface area contributed by atoms with Crippen LogP contribution in [0.5, 0.6) is 0 Å². The summed E-state index contributed by atoms with van der Waals surface area (Å²) in [6, 6.07) is 0. The van der Waals surface area contributed by atoms with Gasteiger partial charge in [-0.25, -0.2) is 0 Å². The van der Waals surface area contributed by atoms with Crippen LogP contribution >= 0.6 is 11.8 Å². The fourth-order valence-electron chi connectivity index (χ4n) is 4.45. The highest BCUT2D eigenvalue weighted by Crippen LogP contribution is 2.40. The summed E-state index contributed by atoms with van der Waals surface area (Å²) in [6.07, 6.45) is 14.3. The van der Waals surface area contributed by atoms with Crippen molar-refractivity contribution < 1.29 is 0 Å². The molecule has 1 unspecified atom stereocenters. The lowest BCUT2D eigenvalue weighted by molar-refractivity contribution is 0.216. The van der Waals surface area contributed by atoms with Gasteiger partial charge in [0, 0.05) is 36.7 Å². The first-order chi connectivity index (χ1) is 16.2. The van der Waals surface area contributed by atoms with Crippen molar-refractivity contribution in [2.24, 2.45) is 5.41 Å². The van der Waals surface area contributed by atoms with Crippen molar-refractivity contribution in [1.29, 1.82) is 0 Å². The summed E-state index contributed by atoms with van der Waals surface area (Å²) >= 11 is 2.16. The third-order valence-corrected chi connectivity index (χ3v) is 7.83. The molecule has 4 aliphatic rings. The first-order valence-corrected chi connectivity index (χ1v) is 15.5. The highest BCUT2D eigenvalue weighted by atomic mass is 32.2. The molecule has 2 spiro atoms. The second kappa shape index (κ2) is 28.2. The average Bonchev–Trinajstić information content (AvgIpc) is 3.38. The van der Waals surface area contributed by atoms with Crippen LogP contribution in [-0.4, -0.2) is 49.8 Å². The Hall–Kier alpha value is -0.0300. The lowest BCUT2D eigenvalue weighted by Crippen LogP contribution is -2.52. The predicted molar refractivity (Wildman–Crippen MR) is 159 cm³/mol. The molecule has 4 fully saturated rings. The first kappa shape index (κ1) is 37.5. The van der Waals surface area contributed by atoms with Crippen LogP contribution in [0.1, 0.15) is 120 Å². The average molecular weight is 488 g/mol. The number of piperidine rings is 1. The minimum atomic E-state index is 0.552. The summed E-state index contributed by atoms with van der Waals surface area (Å²) in [5.41, 5.74) is 0.762. The molecular formula is C29H65N3S. The Morgan fingerprint density at radius 3 is 1.48 bits per heavy atom. The molecule has 0 aromatic carbocycles. The molecule has 0 aromatic rings. The van der Waals surface area contributed by atoms with Crippen LogP contribution in [-0.2, 0) is 0 Å². The largest absolute Gasteiger partial charge is 0.316 e. The van der Waals surface area contributed by atoms with Crippen molar-refractivity contribution in [3.05, 3.63) is 13.2 Å². The van der Waals surface area contributed by atoms with Crippen molar-refractivity contribution in [2.45, 2.75) is 124 Å². The van der Waals surface area contributed by atoms with Gasteiger partial charge in [-0.1, -0.05) is 87.5 Å². The molecule has 0 amide bonds. The van der Waals surface area contributed by atoms with Crippen LogP contribution in [0.15, 0.2) is 13.2 Å². The van der Waals surface area contributed by atoms with E-state index in [1.807, 2.05) is 41.5 Å². The minimum absolute atomic E-state index is 0.552. The van der Waals surface area contributed by atoms with Gasteiger partial charge in [-0.3, -0.25) is 0 Å². The number of unbranched alkanes of at least 4 members (excludes halogenated alkanes) is 1. The standard InChI is InChI=1S/C9H17N.C8H16N2S.C4H10.3C2H6.C2H4/c1-2-4-9(5-3-1)6-7-10-8-9;1-2-8(6-9-3-1)7-10-4-5-11-8;1-3-4-2;4*1-2/h10H,1-8H2;9-10H,1-7H2;3-4H2,1-2H3;3*1-2H3;1-2H2. The topological polar surface area (TPSA) is 36.1 Å². The Labute approximate surface area is 215 Å². The van der Waals surface area contributed by atoms with Crippen LogP contribution in [0.2, 0.25) is 0 Å². The summed E-state index contributed by atoms with van der Waals surface area (Å²) in [7, 11) is 0. The summed E-state index contributed by atoms with van der Waals surface area (Å²) in [4.78, 5) is 0. The van der Waals surface area contributed by atoms with E-state index in [1.54, 1.807) is 0 Å². The maximum atomic E-state index is 3.48. The highest BCUT2D eigenvalue weighted by molar-refractivity contribution is 8.00. The second-order valence-corrected chi connectivity index (χ2v) is 10.0. The fourth-order valence-corrected chi connectivity index (χ4v) is 5.82. The molecule has 3 heterocycles. The van der Waals surface area contributed by atoms with E-state index in [-0.39, 0.29) is 0 Å². The molecule has 202 valence electrons. The molecule has 0 bridgehead atoms. The van der Waals surface area contributed by atoms with Gasteiger partial charge < -0.3 is 16.0 Å². The van der Waals surface area contributed by atoms with Gasteiger partial charge in [0.2, 0.25) is 0 Å². The van der Waals surface area contributed by atoms with E-state index in [4.69, 9.17) is 0 Å². The van der Waals surface area contributed by atoms with E-state index in [0.717, 1.165) is 5.41 Å². The maximum absolute atomic E-state index is 3.48. The molecule has 3 saturated heterocycles. The zero-order valence-electron chi connectivity index (χ0n) is 24.3. The normalized spacial score (nSPS) is 24.1. The summed E-state index contributed by atoms with van der Waals surface area (Å²) in [6.45, 7) is 29.8. The molecular weight excluding hydrogens is 422 g/mol. The van der Waals surface area contributed by atoms with Gasteiger partial charge in [-0.05, 0) is 50.6 Å². The van der Waals surface area contributed by atoms with Gasteiger partial charge >= 0.3 is 0 Å². The number of rotatable bonds is 1. The van der Waals surface area contributed by atoms with Crippen LogP contribution < -0.4 is 16.0 Å². The van der Waals surface area contributed by atoms with Gasteiger partial charge in [-0.15, -0.1) is 13.2 Å². The van der Waals surface area contributed by atoms with E-state index in [0.29, 0.717) is 4.75 Å². The number of hydrogen-bond donors (Lipinski definition) is 3. The molecule has 3 N–H and O–H groups in total. The molecule has 3 aliphatic heterocycles. The Morgan fingerprint density at radius 1 is 0.606 bits per heavy atom. The van der Waals surface area contributed by atoms with E-state index in [2.05, 4.69) is 54.7 Å². The quantitative estimate of drug-likeness (QED) is 0.327. The highest BCUT2D eigenvalue weighted by Gasteiger charge is 2.34. The number of nitrogens with one attached hydrogen (secondary N) is 3. The van der Waals surface area contributed by atoms with Gasteiger partial charge in [0.1, 0.15) is 0 Å². The molecule has 4 heteroatoms. The maximum Gasteiger partial charge on any atom is 0.0409 e. The Morgan fingerprint density at radius 2 is 1.12 bits per heavy atom. The molecule has 0 aromatic heterocycles. The third kappa shape index (κ3) is 18.0. The van der Waals surface area contributed by atoms with Crippen LogP contribution in [0.3, 0.4) is 0 Å². The van der Waals surface area contributed by atoms with Crippen molar-refractivity contribution in [1.82, 2.24) is 16.0 Å². The lowest BCUT2D eigenvalue weighted by atomic mass is 9.74. The van der Waals surface area contributed by atoms with E-state index in [9.17, 15) is 0 Å². The fraction of sp³-hybridized carbons (Fsp3) is 0.931. The molecule has 4 rings (SSSR count). The molecule has 0 radical (unpaired) electrons. The SMILES string of the molecule is C1CCC2(CC1)CCNC2.C1CNCC2(C1)CNCCS2.C=C.CC.CC.CC.CCCC.